The van der Waals surface area contributed by atoms with Crippen LogP contribution in [0.5, 0.6) is 11.5 Å². The Bertz CT molecular complexity index is 735. The van der Waals surface area contributed by atoms with E-state index in [1.807, 2.05) is 0 Å². The van der Waals surface area contributed by atoms with Gasteiger partial charge in [-0.05, 0) is 45.8 Å². The van der Waals surface area contributed by atoms with E-state index in [1.54, 1.807) is 18.2 Å². The van der Waals surface area contributed by atoms with Crippen molar-refractivity contribution in [2.24, 2.45) is 5.10 Å². The van der Waals surface area contributed by atoms with Gasteiger partial charge < -0.3 is 10.2 Å². The molecule has 7 heteroatoms. The van der Waals surface area contributed by atoms with Gasteiger partial charge in [0.2, 0.25) is 5.91 Å². The molecular formula is C15H12BrClN2O3. The molecule has 0 aliphatic carbocycles. The molecule has 0 unspecified atom stereocenters. The fourth-order valence-electron chi connectivity index (χ4n) is 1.75. The second kappa shape index (κ2) is 7.29. The molecule has 22 heavy (non-hydrogen) atoms. The topological polar surface area (TPSA) is 81.9 Å². The second-order valence-corrected chi connectivity index (χ2v) is 5.76. The first-order chi connectivity index (χ1) is 10.5. The molecule has 0 aromatic heterocycles. The van der Waals surface area contributed by atoms with Crippen LogP contribution in [0.15, 0.2) is 46.0 Å². The molecule has 1 amide bonds. The van der Waals surface area contributed by atoms with E-state index in [-0.39, 0.29) is 23.8 Å². The first-order valence-corrected chi connectivity index (χ1v) is 7.40. The minimum absolute atomic E-state index is 0.0182. The summed E-state index contributed by atoms with van der Waals surface area (Å²) in [5, 5.41) is 23.3. The minimum Gasteiger partial charge on any atom is -0.508 e. The van der Waals surface area contributed by atoms with Crippen molar-refractivity contribution < 1.29 is 15.0 Å². The highest BCUT2D eigenvalue weighted by atomic mass is 79.9. The summed E-state index contributed by atoms with van der Waals surface area (Å²) in [5.74, 6) is -0.264. The lowest BCUT2D eigenvalue weighted by Crippen LogP contribution is -2.19. The molecule has 5 nitrogen and oxygen atoms in total. The van der Waals surface area contributed by atoms with Gasteiger partial charge in [0, 0.05) is 10.6 Å². The van der Waals surface area contributed by atoms with Crippen LogP contribution in [0.3, 0.4) is 0 Å². The number of halogens is 2. The van der Waals surface area contributed by atoms with Crippen molar-refractivity contribution in [3.8, 4) is 11.5 Å². The number of aromatic hydroxyl groups is 2. The van der Waals surface area contributed by atoms with Crippen molar-refractivity contribution in [2.45, 2.75) is 6.42 Å². The van der Waals surface area contributed by atoms with E-state index in [1.165, 1.54) is 24.4 Å². The number of carbonyl (C=O) groups excluding carboxylic acids is 1. The van der Waals surface area contributed by atoms with Gasteiger partial charge in [-0.3, -0.25) is 4.79 Å². The first-order valence-electron chi connectivity index (χ1n) is 6.23. The largest absolute Gasteiger partial charge is 0.508 e. The number of nitrogens with zero attached hydrogens (tertiary/aromatic N) is 1. The summed E-state index contributed by atoms with van der Waals surface area (Å²) in [7, 11) is 0. The Hall–Kier alpha value is -2.05. The molecular weight excluding hydrogens is 372 g/mol. The SMILES string of the molecule is O=C(Cc1cccc(O)c1)N/N=C/c1cc(Cl)cc(Br)c1O. The summed E-state index contributed by atoms with van der Waals surface area (Å²) in [6, 6.07) is 9.48. The van der Waals surface area contributed by atoms with Gasteiger partial charge in [0.15, 0.2) is 0 Å². The average Bonchev–Trinajstić information content (AvgIpc) is 2.44. The van der Waals surface area contributed by atoms with Gasteiger partial charge in [0.05, 0.1) is 17.1 Å². The zero-order chi connectivity index (χ0) is 16.1. The van der Waals surface area contributed by atoms with Crippen LogP contribution >= 0.6 is 27.5 Å². The number of hydrazone groups is 1. The van der Waals surface area contributed by atoms with Gasteiger partial charge in [-0.15, -0.1) is 0 Å². The molecule has 0 saturated heterocycles. The predicted octanol–water partition coefficient (Wildman–Crippen LogP) is 3.21. The fraction of sp³-hybridized carbons (Fsp3) is 0.0667. The van der Waals surface area contributed by atoms with Crippen molar-refractivity contribution in [2.75, 3.05) is 0 Å². The van der Waals surface area contributed by atoms with Gasteiger partial charge in [0.1, 0.15) is 11.5 Å². The van der Waals surface area contributed by atoms with E-state index in [2.05, 4.69) is 26.5 Å². The Morgan fingerprint density at radius 1 is 1.32 bits per heavy atom. The number of benzene rings is 2. The molecule has 0 aliphatic heterocycles. The molecule has 114 valence electrons. The highest BCUT2D eigenvalue weighted by Gasteiger charge is 2.06. The Kier molecular flexibility index (Phi) is 5.41. The molecule has 0 atom stereocenters. The summed E-state index contributed by atoms with van der Waals surface area (Å²) < 4.78 is 0.438. The normalized spacial score (nSPS) is 10.8. The smallest absolute Gasteiger partial charge is 0.244 e. The van der Waals surface area contributed by atoms with Gasteiger partial charge in [-0.2, -0.15) is 5.10 Å². The third-order valence-electron chi connectivity index (χ3n) is 2.73. The lowest BCUT2D eigenvalue weighted by molar-refractivity contribution is -0.120. The molecule has 0 radical (unpaired) electrons. The molecule has 0 fully saturated rings. The lowest BCUT2D eigenvalue weighted by atomic mass is 10.1. The number of amides is 1. The highest BCUT2D eigenvalue weighted by Crippen LogP contribution is 2.30. The zero-order valence-corrected chi connectivity index (χ0v) is 13.6. The molecule has 0 saturated carbocycles. The minimum atomic E-state index is -0.345. The first kappa shape index (κ1) is 16.3. The summed E-state index contributed by atoms with van der Waals surface area (Å²) in [6.07, 6.45) is 1.38. The summed E-state index contributed by atoms with van der Waals surface area (Å²) in [5.41, 5.74) is 3.38. The number of hydrogen-bond acceptors (Lipinski definition) is 4. The third-order valence-corrected chi connectivity index (χ3v) is 3.55. The lowest BCUT2D eigenvalue weighted by Gasteiger charge is -2.03. The Morgan fingerprint density at radius 2 is 2.09 bits per heavy atom. The number of nitrogens with one attached hydrogen (secondary N) is 1. The summed E-state index contributed by atoms with van der Waals surface area (Å²) in [4.78, 5) is 11.7. The van der Waals surface area contributed by atoms with E-state index in [0.29, 0.717) is 20.6 Å². The van der Waals surface area contributed by atoms with E-state index in [9.17, 15) is 15.0 Å². The molecule has 0 bridgehead atoms. The van der Waals surface area contributed by atoms with Crippen LogP contribution in [0.1, 0.15) is 11.1 Å². The van der Waals surface area contributed by atoms with Crippen LogP contribution in [0, 0.1) is 0 Å². The van der Waals surface area contributed by atoms with Crippen molar-refractivity contribution >= 4 is 39.7 Å². The zero-order valence-electron chi connectivity index (χ0n) is 11.3. The van der Waals surface area contributed by atoms with Crippen molar-refractivity contribution in [1.29, 1.82) is 0 Å². The van der Waals surface area contributed by atoms with Crippen molar-refractivity contribution in [1.82, 2.24) is 5.43 Å². The van der Waals surface area contributed by atoms with Crippen molar-refractivity contribution in [3.63, 3.8) is 0 Å². The fourth-order valence-corrected chi connectivity index (χ4v) is 2.58. The van der Waals surface area contributed by atoms with E-state index >= 15 is 0 Å². The summed E-state index contributed by atoms with van der Waals surface area (Å²) >= 11 is 9.03. The van der Waals surface area contributed by atoms with E-state index < -0.39 is 0 Å². The highest BCUT2D eigenvalue weighted by molar-refractivity contribution is 9.10. The monoisotopic (exact) mass is 382 g/mol. The number of hydrogen-bond donors (Lipinski definition) is 3. The molecule has 2 aromatic carbocycles. The standard InChI is InChI=1S/C15H12BrClN2O3/c16-13-7-11(17)6-10(15(13)22)8-18-19-14(21)5-9-2-1-3-12(20)4-9/h1-4,6-8,20,22H,5H2,(H,19,21)/b18-8+. The Labute approximate surface area is 140 Å². The molecule has 3 N–H and O–H groups in total. The van der Waals surface area contributed by atoms with E-state index in [0.717, 1.165) is 0 Å². The molecule has 2 aromatic rings. The summed E-state index contributed by atoms with van der Waals surface area (Å²) in [6.45, 7) is 0. The van der Waals surface area contributed by atoms with Crippen LogP contribution in [-0.4, -0.2) is 22.3 Å². The van der Waals surface area contributed by atoms with Crippen LogP contribution in [0.2, 0.25) is 5.02 Å². The number of rotatable bonds is 4. The molecule has 2 rings (SSSR count). The van der Waals surface area contributed by atoms with Gasteiger partial charge in [0.25, 0.3) is 0 Å². The van der Waals surface area contributed by atoms with Crippen LogP contribution in [-0.2, 0) is 11.2 Å². The predicted molar refractivity (Wildman–Crippen MR) is 88.4 cm³/mol. The number of phenols is 2. The molecule has 0 aliphatic rings. The quantitative estimate of drug-likeness (QED) is 0.560. The number of carbonyl (C=O) groups is 1. The van der Waals surface area contributed by atoms with Gasteiger partial charge in [-0.1, -0.05) is 23.7 Å². The maximum absolute atomic E-state index is 11.7. The van der Waals surface area contributed by atoms with Crippen LogP contribution in [0.4, 0.5) is 0 Å². The van der Waals surface area contributed by atoms with Gasteiger partial charge >= 0.3 is 0 Å². The Balaban J connectivity index is 1.99. The van der Waals surface area contributed by atoms with Gasteiger partial charge in [-0.25, -0.2) is 5.43 Å². The maximum Gasteiger partial charge on any atom is 0.244 e. The third kappa shape index (κ3) is 4.47. The second-order valence-electron chi connectivity index (χ2n) is 4.47. The van der Waals surface area contributed by atoms with Crippen molar-refractivity contribution in [3.05, 3.63) is 57.0 Å². The van der Waals surface area contributed by atoms with E-state index in [4.69, 9.17) is 11.6 Å². The average molecular weight is 384 g/mol. The maximum atomic E-state index is 11.7. The molecule has 0 heterocycles. The molecule has 0 spiro atoms. The van der Waals surface area contributed by atoms with Crippen LogP contribution in [0.25, 0.3) is 0 Å². The van der Waals surface area contributed by atoms with Crippen LogP contribution < -0.4 is 5.43 Å². The number of phenolic OH excluding ortho intramolecular Hbond substituents is 2. The Morgan fingerprint density at radius 3 is 2.82 bits per heavy atom.